The van der Waals surface area contributed by atoms with Crippen molar-refractivity contribution in [3.63, 3.8) is 0 Å². The molecule has 1 aliphatic heterocycles. The highest BCUT2D eigenvalue weighted by Gasteiger charge is 2.32. The van der Waals surface area contributed by atoms with Crippen LogP contribution in [0.15, 0.2) is 24.3 Å². The van der Waals surface area contributed by atoms with Crippen molar-refractivity contribution in [3.8, 4) is 0 Å². The molecule has 4 nitrogen and oxygen atoms in total. The third-order valence-electron chi connectivity index (χ3n) is 2.34. The lowest BCUT2D eigenvalue weighted by Crippen LogP contribution is -2.38. The molecule has 1 aromatic rings. The molecule has 0 aromatic heterocycles. The van der Waals surface area contributed by atoms with Crippen LogP contribution in [0.2, 0.25) is 0 Å². The molecule has 1 amide bonds. The van der Waals surface area contributed by atoms with E-state index in [1.54, 1.807) is 0 Å². The average molecular weight is 210 g/mol. The van der Waals surface area contributed by atoms with Crippen LogP contribution in [0.1, 0.15) is 0 Å². The number of carbonyl (C=O) groups excluding carboxylic acids is 1. The number of amides is 1. The molecule has 1 atom stereocenters. The minimum absolute atomic E-state index is 0.164. The quantitative estimate of drug-likeness (QED) is 0.795. The van der Waals surface area contributed by atoms with Gasteiger partial charge < -0.3 is 10.5 Å². The van der Waals surface area contributed by atoms with Crippen LogP contribution in [0, 0.1) is 5.82 Å². The summed E-state index contributed by atoms with van der Waals surface area (Å²) in [6, 6.07) is 5.50. The zero-order valence-electron chi connectivity index (χ0n) is 8.02. The van der Waals surface area contributed by atoms with Crippen molar-refractivity contribution >= 4 is 11.8 Å². The Labute approximate surface area is 86.4 Å². The van der Waals surface area contributed by atoms with Crippen LogP contribution in [0.5, 0.6) is 0 Å². The fourth-order valence-electron chi connectivity index (χ4n) is 1.55. The van der Waals surface area contributed by atoms with Crippen molar-refractivity contribution in [2.45, 2.75) is 6.04 Å². The van der Waals surface area contributed by atoms with Gasteiger partial charge in [0.2, 0.25) is 0 Å². The van der Waals surface area contributed by atoms with E-state index in [0.717, 1.165) is 0 Å². The molecular formula is C10H11FN2O2. The minimum atomic E-state index is -0.433. The van der Waals surface area contributed by atoms with E-state index >= 15 is 0 Å². The number of benzene rings is 1. The van der Waals surface area contributed by atoms with Crippen LogP contribution < -0.4 is 10.6 Å². The van der Waals surface area contributed by atoms with Gasteiger partial charge in [-0.1, -0.05) is 0 Å². The summed E-state index contributed by atoms with van der Waals surface area (Å²) in [5.74, 6) is -0.337. The topological polar surface area (TPSA) is 55.6 Å². The number of hydrogen-bond donors (Lipinski definition) is 1. The molecule has 1 unspecified atom stereocenters. The highest BCUT2D eigenvalue weighted by molar-refractivity contribution is 5.90. The van der Waals surface area contributed by atoms with Crippen LogP contribution in [-0.2, 0) is 4.74 Å². The van der Waals surface area contributed by atoms with Gasteiger partial charge in [0.05, 0.1) is 6.04 Å². The molecule has 0 spiro atoms. The molecule has 0 bridgehead atoms. The molecule has 0 saturated carbocycles. The summed E-state index contributed by atoms with van der Waals surface area (Å²) >= 11 is 0. The second-order valence-electron chi connectivity index (χ2n) is 3.31. The lowest BCUT2D eigenvalue weighted by molar-refractivity contribution is 0.179. The van der Waals surface area contributed by atoms with Gasteiger partial charge in [-0.2, -0.15) is 0 Å². The summed E-state index contributed by atoms with van der Waals surface area (Å²) < 4.78 is 17.6. The number of hydrogen-bond acceptors (Lipinski definition) is 3. The lowest BCUT2D eigenvalue weighted by Gasteiger charge is -2.19. The third kappa shape index (κ3) is 1.78. The maximum atomic E-state index is 12.7. The molecule has 1 heterocycles. The molecule has 2 rings (SSSR count). The van der Waals surface area contributed by atoms with Crippen molar-refractivity contribution in [1.29, 1.82) is 0 Å². The van der Waals surface area contributed by atoms with E-state index in [4.69, 9.17) is 10.5 Å². The Morgan fingerprint density at radius 3 is 2.73 bits per heavy atom. The fourth-order valence-corrected chi connectivity index (χ4v) is 1.55. The molecule has 1 aromatic carbocycles. The van der Waals surface area contributed by atoms with E-state index in [1.807, 2.05) is 0 Å². The molecule has 0 radical (unpaired) electrons. The molecule has 1 saturated heterocycles. The van der Waals surface area contributed by atoms with Gasteiger partial charge in [0.1, 0.15) is 12.4 Å². The summed E-state index contributed by atoms with van der Waals surface area (Å²) in [6.45, 7) is 0.607. The Hall–Kier alpha value is -1.62. The lowest BCUT2D eigenvalue weighted by atomic mass is 10.2. The summed E-state index contributed by atoms with van der Waals surface area (Å²) in [7, 11) is 0. The van der Waals surface area contributed by atoms with Crippen molar-refractivity contribution in [2.24, 2.45) is 5.73 Å². The molecule has 80 valence electrons. The standard InChI is InChI=1S/C10H11FN2O2/c11-7-1-3-8(4-2-7)13-9(5-12)6-15-10(13)14/h1-4,9H,5-6,12H2. The summed E-state index contributed by atoms with van der Waals surface area (Å²) in [5, 5.41) is 0. The number of cyclic esters (lactones) is 1. The fraction of sp³-hybridized carbons (Fsp3) is 0.300. The highest BCUT2D eigenvalue weighted by Crippen LogP contribution is 2.22. The van der Waals surface area contributed by atoms with E-state index in [2.05, 4.69) is 0 Å². The first-order valence-corrected chi connectivity index (χ1v) is 4.64. The largest absolute Gasteiger partial charge is 0.447 e. The zero-order valence-corrected chi connectivity index (χ0v) is 8.02. The number of ether oxygens (including phenoxy) is 1. The molecule has 15 heavy (non-hydrogen) atoms. The Morgan fingerprint density at radius 1 is 1.47 bits per heavy atom. The van der Waals surface area contributed by atoms with Gasteiger partial charge in [-0.25, -0.2) is 9.18 Å². The van der Waals surface area contributed by atoms with Crippen LogP contribution in [0.3, 0.4) is 0 Å². The molecule has 1 fully saturated rings. The Kier molecular flexibility index (Phi) is 2.55. The summed E-state index contributed by atoms with van der Waals surface area (Å²) in [5.41, 5.74) is 6.11. The second kappa shape index (κ2) is 3.86. The SMILES string of the molecule is NCC1COC(=O)N1c1ccc(F)cc1. The maximum Gasteiger partial charge on any atom is 0.414 e. The summed E-state index contributed by atoms with van der Waals surface area (Å²) in [4.78, 5) is 12.8. The Morgan fingerprint density at radius 2 is 2.13 bits per heavy atom. The molecule has 2 N–H and O–H groups in total. The van der Waals surface area contributed by atoms with E-state index < -0.39 is 6.09 Å². The number of carbonyl (C=O) groups is 1. The first-order chi connectivity index (χ1) is 7.22. The van der Waals surface area contributed by atoms with Gasteiger partial charge in [-0.15, -0.1) is 0 Å². The molecule has 0 aliphatic carbocycles. The van der Waals surface area contributed by atoms with Gasteiger partial charge in [-0.05, 0) is 24.3 Å². The van der Waals surface area contributed by atoms with Crippen molar-refractivity contribution < 1.29 is 13.9 Å². The maximum absolute atomic E-state index is 12.7. The molecule has 5 heteroatoms. The number of nitrogens with zero attached hydrogens (tertiary/aromatic N) is 1. The molecule has 1 aliphatic rings. The zero-order chi connectivity index (χ0) is 10.8. The predicted octanol–water partition coefficient (Wildman–Crippen LogP) is 1.11. The van der Waals surface area contributed by atoms with Crippen molar-refractivity contribution in [2.75, 3.05) is 18.1 Å². The minimum Gasteiger partial charge on any atom is -0.447 e. The van der Waals surface area contributed by atoms with Gasteiger partial charge in [0.15, 0.2) is 0 Å². The Bertz CT molecular complexity index is 366. The smallest absolute Gasteiger partial charge is 0.414 e. The van der Waals surface area contributed by atoms with E-state index in [1.165, 1.54) is 29.2 Å². The van der Waals surface area contributed by atoms with E-state index in [9.17, 15) is 9.18 Å². The average Bonchev–Trinajstić information content (AvgIpc) is 2.61. The first-order valence-electron chi connectivity index (χ1n) is 4.64. The number of anilines is 1. The van der Waals surface area contributed by atoms with Gasteiger partial charge in [0, 0.05) is 12.2 Å². The van der Waals surface area contributed by atoms with Crippen LogP contribution in [-0.4, -0.2) is 25.3 Å². The van der Waals surface area contributed by atoms with Gasteiger partial charge >= 0.3 is 6.09 Å². The summed E-state index contributed by atoms with van der Waals surface area (Å²) in [6.07, 6.45) is -0.433. The third-order valence-corrected chi connectivity index (χ3v) is 2.34. The normalized spacial score (nSPS) is 20.5. The number of nitrogens with two attached hydrogens (primary N) is 1. The second-order valence-corrected chi connectivity index (χ2v) is 3.31. The van der Waals surface area contributed by atoms with Crippen molar-refractivity contribution in [3.05, 3.63) is 30.1 Å². The van der Waals surface area contributed by atoms with Crippen LogP contribution >= 0.6 is 0 Å². The first kappa shape index (κ1) is 9.92. The van der Waals surface area contributed by atoms with E-state index in [0.29, 0.717) is 12.2 Å². The van der Waals surface area contributed by atoms with Crippen LogP contribution in [0.25, 0.3) is 0 Å². The van der Waals surface area contributed by atoms with E-state index in [-0.39, 0.29) is 18.5 Å². The monoisotopic (exact) mass is 210 g/mol. The number of rotatable bonds is 2. The highest BCUT2D eigenvalue weighted by atomic mass is 19.1. The van der Waals surface area contributed by atoms with Crippen molar-refractivity contribution in [1.82, 2.24) is 0 Å². The van der Waals surface area contributed by atoms with Gasteiger partial charge in [0.25, 0.3) is 0 Å². The van der Waals surface area contributed by atoms with Gasteiger partial charge in [-0.3, -0.25) is 4.90 Å². The van der Waals surface area contributed by atoms with Crippen LogP contribution in [0.4, 0.5) is 14.9 Å². The number of halogens is 1. The molecular weight excluding hydrogens is 199 g/mol. The predicted molar refractivity (Wildman–Crippen MR) is 53.1 cm³/mol. The Balaban J connectivity index is 2.28.